The first-order valence-electron chi connectivity index (χ1n) is 17.0. The zero-order valence-electron chi connectivity index (χ0n) is 30.4. The number of nitrogens with one attached hydrogen (secondary N) is 3. The summed E-state index contributed by atoms with van der Waals surface area (Å²) in [6.45, 7) is 12.6. The number of halogens is 4. The maximum absolute atomic E-state index is 12.9. The van der Waals surface area contributed by atoms with E-state index in [-0.39, 0.29) is 12.0 Å². The highest BCUT2D eigenvalue weighted by Crippen LogP contribution is 2.37. The lowest BCUT2D eigenvalue weighted by atomic mass is 10.1. The molecule has 0 aromatic heterocycles. The summed E-state index contributed by atoms with van der Waals surface area (Å²) in [6.07, 6.45) is 0.293. The smallest absolute Gasteiger partial charge is 0.333 e. The van der Waals surface area contributed by atoms with E-state index in [1.54, 1.807) is 12.1 Å². The van der Waals surface area contributed by atoms with Gasteiger partial charge >= 0.3 is 11.9 Å². The molecule has 13 heteroatoms. The molecule has 0 saturated heterocycles. The number of ether oxygens (including phenoxy) is 3. The van der Waals surface area contributed by atoms with Crippen LogP contribution in [0.1, 0.15) is 72.3 Å². The van der Waals surface area contributed by atoms with Crippen LogP contribution >= 0.6 is 63.7 Å². The number of rotatable bonds is 16. The first kappa shape index (κ1) is 42.4. The van der Waals surface area contributed by atoms with Gasteiger partial charge in [0.1, 0.15) is 31.3 Å². The van der Waals surface area contributed by atoms with Crippen LogP contribution in [0.3, 0.4) is 0 Å². The number of esters is 2. The van der Waals surface area contributed by atoms with Gasteiger partial charge in [-0.15, -0.1) is 0 Å². The number of anilines is 2. The summed E-state index contributed by atoms with van der Waals surface area (Å²) in [4.78, 5) is 37.8. The zero-order valence-corrected chi connectivity index (χ0v) is 36.8. The third-order valence-corrected chi connectivity index (χ3v) is 9.86. The number of carbonyl (C=O) groups excluding carboxylic acids is 3. The molecule has 4 aromatic carbocycles. The van der Waals surface area contributed by atoms with Gasteiger partial charge in [-0.2, -0.15) is 0 Å². The Balaban J connectivity index is 1.24. The van der Waals surface area contributed by atoms with Crippen LogP contribution in [0.15, 0.2) is 78.6 Å². The Morgan fingerprint density at radius 1 is 0.604 bits per heavy atom. The normalized spacial score (nSPS) is 11.0. The minimum Gasteiger partial charge on any atom is -0.487 e. The molecule has 0 unspecified atom stereocenters. The van der Waals surface area contributed by atoms with Crippen molar-refractivity contribution in [3.05, 3.63) is 112 Å². The van der Waals surface area contributed by atoms with E-state index in [1.165, 1.54) is 0 Å². The minimum atomic E-state index is -0.861. The highest BCUT2D eigenvalue weighted by molar-refractivity contribution is 9.11. The van der Waals surface area contributed by atoms with Crippen molar-refractivity contribution < 1.29 is 28.6 Å². The average Bonchev–Trinajstić information content (AvgIpc) is 3.04. The minimum absolute atomic E-state index is 0.0346. The Bertz CT molecular complexity index is 1920. The fourth-order valence-corrected chi connectivity index (χ4v) is 8.40. The Labute approximate surface area is 344 Å². The van der Waals surface area contributed by atoms with Crippen LogP contribution in [0, 0.1) is 13.8 Å². The van der Waals surface area contributed by atoms with E-state index < -0.39 is 24.4 Å². The van der Waals surface area contributed by atoms with Crippen molar-refractivity contribution in [2.75, 3.05) is 17.2 Å². The zero-order chi connectivity index (χ0) is 38.8. The van der Waals surface area contributed by atoms with Gasteiger partial charge in [-0.05, 0) is 188 Å². The molecule has 0 aliphatic carbocycles. The van der Waals surface area contributed by atoms with Crippen molar-refractivity contribution in [2.24, 2.45) is 0 Å². The Morgan fingerprint density at radius 2 is 1.06 bits per heavy atom. The molecule has 0 heterocycles. The third-order valence-electron chi connectivity index (χ3n) is 7.51. The van der Waals surface area contributed by atoms with E-state index in [9.17, 15) is 14.4 Å². The van der Waals surface area contributed by atoms with Crippen molar-refractivity contribution in [3.8, 4) is 11.5 Å². The molecule has 0 fully saturated rings. The van der Waals surface area contributed by atoms with Crippen LogP contribution in [-0.4, -0.2) is 36.5 Å². The van der Waals surface area contributed by atoms with Gasteiger partial charge in [-0.25, -0.2) is 4.79 Å². The van der Waals surface area contributed by atoms with Gasteiger partial charge in [0.2, 0.25) is 0 Å². The highest BCUT2D eigenvalue weighted by atomic mass is 79.9. The summed E-state index contributed by atoms with van der Waals surface area (Å²) >= 11 is 14.2. The van der Waals surface area contributed by atoms with Gasteiger partial charge in [0.05, 0.1) is 24.3 Å². The molecular weight excluding hydrogens is 938 g/mol. The number of carbonyl (C=O) groups is 3. The quantitative estimate of drug-likeness (QED) is 0.0751. The monoisotopic (exact) mass is 977 g/mol. The predicted molar refractivity (Wildman–Crippen MR) is 224 cm³/mol. The largest absolute Gasteiger partial charge is 0.487 e. The Hall–Kier alpha value is -3.39. The van der Waals surface area contributed by atoms with Crippen LogP contribution in [0.5, 0.6) is 11.5 Å². The van der Waals surface area contributed by atoms with E-state index >= 15 is 0 Å². The van der Waals surface area contributed by atoms with Crippen molar-refractivity contribution >= 4 is 92.9 Å². The van der Waals surface area contributed by atoms with E-state index in [2.05, 4.69) is 138 Å². The molecule has 4 aromatic rings. The third kappa shape index (κ3) is 13.4. The highest BCUT2D eigenvalue weighted by Gasteiger charge is 2.18. The van der Waals surface area contributed by atoms with Crippen LogP contribution < -0.4 is 25.4 Å². The van der Waals surface area contributed by atoms with E-state index in [1.807, 2.05) is 32.0 Å². The lowest BCUT2D eigenvalue weighted by Gasteiger charge is -2.15. The maximum Gasteiger partial charge on any atom is 0.333 e. The molecule has 3 N–H and O–H groups in total. The molecular formula is C40H43Br4N3O6. The summed E-state index contributed by atoms with van der Waals surface area (Å²) in [6, 6.07) is 20.0. The van der Waals surface area contributed by atoms with Crippen molar-refractivity contribution in [2.45, 2.75) is 79.7 Å². The summed E-state index contributed by atoms with van der Waals surface area (Å²) < 4.78 is 19.7. The molecule has 0 saturated carbocycles. The van der Waals surface area contributed by atoms with E-state index in [0.717, 1.165) is 48.1 Å². The number of amides is 1. The molecule has 0 radical (unpaired) electrons. The van der Waals surface area contributed by atoms with Crippen LogP contribution in [0.2, 0.25) is 0 Å². The van der Waals surface area contributed by atoms with Gasteiger partial charge in [0.15, 0.2) is 0 Å². The van der Waals surface area contributed by atoms with E-state index in [0.29, 0.717) is 52.2 Å². The van der Waals surface area contributed by atoms with Gasteiger partial charge < -0.3 is 30.2 Å². The summed E-state index contributed by atoms with van der Waals surface area (Å²) in [5.74, 6) is -0.908. The topological polar surface area (TPSA) is 115 Å². The average molecular weight is 981 g/mol. The summed E-state index contributed by atoms with van der Waals surface area (Å²) in [5, 5.41) is 9.35. The van der Waals surface area contributed by atoms with Gasteiger partial charge in [0.25, 0.3) is 5.91 Å². The lowest BCUT2D eigenvalue weighted by molar-refractivity contribution is -0.158. The summed E-state index contributed by atoms with van der Waals surface area (Å²) in [5.41, 5.74) is 7.45. The molecule has 282 valence electrons. The first-order chi connectivity index (χ1) is 25.1. The molecule has 0 aliphatic rings. The summed E-state index contributed by atoms with van der Waals surface area (Å²) in [7, 11) is 0. The number of aryl methyl sites for hydroxylation is 3. The van der Waals surface area contributed by atoms with Crippen LogP contribution in [-0.2, 0) is 34.0 Å². The van der Waals surface area contributed by atoms with Gasteiger partial charge in [-0.3, -0.25) is 9.59 Å². The molecule has 1 amide bonds. The maximum atomic E-state index is 12.9. The second-order valence-electron chi connectivity index (χ2n) is 13.3. The second kappa shape index (κ2) is 19.8. The van der Waals surface area contributed by atoms with Crippen LogP contribution in [0.25, 0.3) is 0 Å². The predicted octanol–water partition coefficient (Wildman–Crippen LogP) is 10.6. The molecule has 4 rings (SSSR count). The van der Waals surface area contributed by atoms with Crippen molar-refractivity contribution in [3.63, 3.8) is 0 Å². The molecule has 0 aliphatic heterocycles. The fourth-order valence-electron chi connectivity index (χ4n) is 5.47. The molecule has 53 heavy (non-hydrogen) atoms. The molecule has 0 bridgehead atoms. The van der Waals surface area contributed by atoms with Crippen LogP contribution in [0.4, 0.5) is 11.4 Å². The second-order valence-corrected chi connectivity index (χ2v) is 16.7. The SMILES string of the molecule is Cc1cc(COc2c(Br)cc(CCC(=O)OC(=O)CNC(=O)c3cc(Br)c(OCc4cc(C)cc(NC(C)C)c4)c(Br)c3)cc2Br)cc(NC(C)C)c1. The standard InChI is InChI=1S/C40H43Br4N3O6/c1-22(2)46-30-11-24(5)9-27(13-30)20-51-38-32(41)15-26(16-33(38)42)7-8-36(48)53-37(49)19-45-40(50)29-17-34(43)39(35(44)18-29)52-21-28-10-25(6)12-31(14-28)47-23(3)4/h9-18,22-23,46-47H,7-8,19-21H2,1-6H3,(H,45,50). The number of hydrogen-bond donors (Lipinski definition) is 3. The van der Waals surface area contributed by atoms with Gasteiger partial charge in [0, 0.05) is 29.0 Å². The van der Waals surface area contributed by atoms with Crippen molar-refractivity contribution in [1.82, 2.24) is 5.32 Å². The number of benzene rings is 4. The fraction of sp³-hybridized carbons (Fsp3) is 0.325. The Kier molecular flexibility index (Phi) is 15.8. The van der Waals surface area contributed by atoms with E-state index in [4.69, 9.17) is 14.2 Å². The Morgan fingerprint density at radius 3 is 1.51 bits per heavy atom. The number of hydrogen-bond acceptors (Lipinski definition) is 8. The molecule has 0 spiro atoms. The van der Waals surface area contributed by atoms with Gasteiger partial charge in [-0.1, -0.05) is 12.1 Å². The first-order valence-corrected chi connectivity index (χ1v) is 20.2. The molecule has 0 atom stereocenters. The van der Waals surface area contributed by atoms with Crippen molar-refractivity contribution in [1.29, 1.82) is 0 Å². The lowest BCUT2D eigenvalue weighted by Crippen LogP contribution is -2.31. The molecule has 9 nitrogen and oxygen atoms in total.